The number of amides is 1. The van der Waals surface area contributed by atoms with Crippen LogP contribution in [0.1, 0.15) is 23.1 Å². The Bertz CT molecular complexity index is 1070. The Morgan fingerprint density at radius 2 is 1.64 bits per heavy atom. The summed E-state index contributed by atoms with van der Waals surface area (Å²) in [5, 5.41) is 4.28. The normalized spacial score (nSPS) is 14.9. The molecule has 0 aromatic heterocycles. The number of rotatable bonds is 10. The number of hydrogen-bond acceptors (Lipinski definition) is 5. The van der Waals surface area contributed by atoms with E-state index < -0.39 is 0 Å². The van der Waals surface area contributed by atoms with E-state index in [1.165, 1.54) is 0 Å². The van der Waals surface area contributed by atoms with Crippen molar-refractivity contribution in [1.29, 1.82) is 0 Å². The smallest absolute Gasteiger partial charge is 0.249 e. The van der Waals surface area contributed by atoms with E-state index in [-0.39, 0.29) is 18.6 Å². The molecule has 0 N–H and O–H groups in total. The van der Waals surface area contributed by atoms with Crippen molar-refractivity contribution in [3.8, 4) is 5.75 Å². The summed E-state index contributed by atoms with van der Waals surface area (Å²) in [7, 11) is 1.64. The van der Waals surface area contributed by atoms with E-state index >= 15 is 0 Å². The minimum atomic E-state index is -0.230. The van der Waals surface area contributed by atoms with Gasteiger partial charge in [-0.2, -0.15) is 0 Å². The van der Waals surface area contributed by atoms with Gasteiger partial charge >= 0.3 is 0 Å². The third kappa shape index (κ3) is 6.20. The van der Waals surface area contributed by atoms with Crippen molar-refractivity contribution in [2.45, 2.75) is 25.7 Å². The number of para-hydroxylation sites is 1. The molecular weight excluding hydrogens is 416 g/mol. The molecule has 4 rings (SSSR count). The van der Waals surface area contributed by atoms with Crippen LogP contribution in [0, 0.1) is 0 Å². The lowest BCUT2D eigenvalue weighted by Gasteiger charge is -2.25. The molecule has 0 bridgehead atoms. The maximum absolute atomic E-state index is 13.1. The Hall–Kier alpha value is -3.64. The third-order valence-corrected chi connectivity index (χ3v) is 5.48. The van der Waals surface area contributed by atoms with Crippen molar-refractivity contribution in [1.82, 2.24) is 4.90 Å². The summed E-state index contributed by atoms with van der Waals surface area (Å²) < 4.78 is 11.2. The number of carbonyl (C=O) groups is 1. The van der Waals surface area contributed by atoms with Gasteiger partial charge in [-0.05, 0) is 23.3 Å². The van der Waals surface area contributed by atoms with Gasteiger partial charge in [0.2, 0.25) is 5.91 Å². The van der Waals surface area contributed by atoms with Gasteiger partial charge < -0.3 is 19.2 Å². The molecule has 0 aliphatic carbocycles. The predicted molar refractivity (Wildman–Crippen MR) is 127 cm³/mol. The van der Waals surface area contributed by atoms with Gasteiger partial charge in [0.05, 0.1) is 26.0 Å². The second kappa shape index (κ2) is 11.3. The summed E-state index contributed by atoms with van der Waals surface area (Å²) >= 11 is 0. The summed E-state index contributed by atoms with van der Waals surface area (Å²) in [5.41, 5.74) is 3.83. The highest BCUT2D eigenvalue weighted by atomic mass is 16.6. The molecule has 0 fully saturated rings. The Kier molecular flexibility index (Phi) is 7.72. The summed E-state index contributed by atoms with van der Waals surface area (Å²) in [5.74, 6) is 0.677. The molecule has 1 atom stereocenters. The lowest BCUT2D eigenvalue weighted by molar-refractivity contribution is -0.139. The first-order valence-electron chi connectivity index (χ1n) is 11.0. The lowest BCUT2D eigenvalue weighted by atomic mass is 10.0. The first kappa shape index (κ1) is 22.6. The van der Waals surface area contributed by atoms with Crippen molar-refractivity contribution in [3.05, 3.63) is 102 Å². The van der Waals surface area contributed by atoms with Crippen LogP contribution >= 0.6 is 0 Å². The molecule has 1 heterocycles. The van der Waals surface area contributed by atoms with Crippen molar-refractivity contribution >= 4 is 11.6 Å². The zero-order valence-electron chi connectivity index (χ0n) is 18.7. The molecule has 6 heteroatoms. The summed E-state index contributed by atoms with van der Waals surface area (Å²) in [6, 6.07) is 27.5. The van der Waals surface area contributed by atoms with Crippen molar-refractivity contribution in [2.24, 2.45) is 5.16 Å². The Morgan fingerprint density at radius 3 is 2.36 bits per heavy atom. The zero-order chi connectivity index (χ0) is 22.9. The number of benzene rings is 3. The quantitative estimate of drug-likeness (QED) is 0.464. The molecule has 3 aromatic carbocycles. The molecule has 1 unspecified atom stereocenters. The van der Waals surface area contributed by atoms with Gasteiger partial charge in [-0.25, -0.2) is 0 Å². The molecule has 0 radical (unpaired) electrons. The van der Waals surface area contributed by atoms with Crippen molar-refractivity contribution in [3.63, 3.8) is 0 Å². The summed E-state index contributed by atoms with van der Waals surface area (Å²) in [4.78, 5) is 20.6. The maximum Gasteiger partial charge on any atom is 0.249 e. The largest absolute Gasteiger partial charge is 0.496 e. The summed E-state index contributed by atoms with van der Waals surface area (Å²) in [6.45, 7) is 1.31. The Balaban J connectivity index is 1.39. The topological polar surface area (TPSA) is 60.4 Å². The van der Waals surface area contributed by atoms with Crippen LogP contribution in [0.5, 0.6) is 5.75 Å². The van der Waals surface area contributed by atoms with Crippen molar-refractivity contribution in [2.75, 3.05) is 20.3 Å². The predicted octanol–water partition coefficient (Wildman–Crippen LogP) is 4.43. The highest BCUT2D eigenvalue weighted by Crippen LogP contribution is 2.25. The zero-order valence-corrected chi connectivity index (χ0v) is 18.7. The monoisotopic (exact) mass is 444 g/mol. The second-order valence-corrected chi connectivity index (χ2v) is 7.91. The van der Waals surface area contributed by atoms with E-state index in [1.54, 1.807) is 12.0 Å². The fraction of sp³-hybridized carbons (Fsp3) is 0.259. The van der Waals surface area contributed by atoms with Gasteiger partial charge in [-0.15, -0.1) is 0 Å². The maximum atomic E-state index is 13.1. The minimum Gasteiger partial charge on any atom is -0.496 e. The van der Waals surface area contributed by atoms with Crippen LogP contribution in [-0.2, 0) is 27.5 Å². The van der Waals surface area contributed by atoms with E-state index in [2.05, 4.69) is 5.16 Å². The second-order valence-electron chi connectivity index (χ2n) is 7.91. The number of hydrogen-bond donors (Lipinski definition) is 0. The van der Waals surface area contributed by atoms with Gasteiger partial charge in [-0.3, -0.25) is 4.79 Å². The van der Waals surface area contributed by atoms with Crippen LogP contribution in [0.3, 0.4) is 0 Å². The van der Waals surface area contributed by atoms with Crippen LogP contribution < -0.4 is 4.74 Å². The molecule has 0 saturated heterocycles. The van der Waals surface area contributed by atoms with E-state index in [0.717, 1.165) is 28.2 Å². The highest BCUT2D eigenvalue weighted by molar-refractivity contribution is 6.03. The molecular formula is C27H28N2O4. The number of carbonyl (C=O) groups excluding carboxylic acids is 1. The number of oxime groups is 1. The molecule has 1 aliphatic heterocycles. The Labute approximate surface area is 194 Å². The molecule has 1 amide bonds. The molecule has 1 aliphatic rings. The number of nitrogens with zero attached hydrogens (tertiary/aromatic N) is 2. The first-order chi connectivity index (χ1) is 16.2. The van der Waals surface area contributed by atoms with Gasteiger partial charge in [0.1, 0.15) is 12.4 Å². The van der Waals surface area contributed by atoms with Crippen LogP contribution in [0.2, 0.25) is 0 Å². The van der Waals surface area contributed by atoms with Crippen LogP contribution in [-0.4, -0.2) is 42.9 Å². The fourth-order valence-corrected chi connectivity index (χ4v) is 3.79. The minimum absolute atomic E-state index is 0.00860. The number of ether oxygens (including phenoxy) is 2. The Morgan fingerprint density at radius 1 is 0.970 bits per heavy atom. The van der Waals surface area contributed by atoms with Gasteiger partial charge in [0.15, 0.2) is 6.10 Å². The standard InChI is InChI=1S/C27H28N2O4/c1-31-26-15-9-8-14-24(26)25-16-23(33-28-25)18-29(17-21-10-4-2-5-11-21)27(30)20-32-19-22-12-6-3-7-13-22/h2-15,23H,16-20H2,1H3. The fourth-order valence-electron chi connectivity index (χ4n) is 3.79. The summed E-state index contributed by atoms with van der Waals surface area (Å²) in [6.07, 6.45) is 0.371. The van der Waals surface area contributed by atoms with Gasteiger partial charge in [-0.1, -0.05) is 78.0 Å². The molecule has 0 saturated carbocycles. The van der Waals surface area contributed by atoms with Crippen LogP contribution in [0.4, 0.5) is 0 Å². The molecule has 33 heavy (non-hydrogen) atoms. The van der Waals surface area contributed by atoms with Crippen LogP contribution in [0.25, 0.3) is 0 Å². The average molecular weight is 445 g/mol. The lowest BCUT2D eigenvalue weighted by Crippen LogP contribution is -2.39. The molecule has 3 aromatic rings. The van der Waals surface area contributed by atoms with Gasteiger partial charge in [0, 0.05) is 18.5 Å². The molecule has 170 valence electrons. The highest BCUT2D eigenvalue weighted by Gasteiger charge is 2.28. The van der Waals surface area contributed by atoms with E-state index in [0.29, 0.717) is 26.1 Å². The van der Waals surface area contributed by atoms with E-state index in [4.69, 9.17) is 14.3 Å². The third-order valence-electron chi connectivity index (χ3n) is 5.48. The first-order valence-corrected chi connectivity index (χ1v) is 11.0. The number of methoxy groups -OCH3 is 1. The van der Waals surface area contributed by atoms with Gasteiger partial charge in [0.25, 0.3) is 0 Å². The van der Waals surface area contributed by atoms with Crippen molar-refractivity contribution < 1.29 is 19.1 Å². The molecule has 0 spiro atoms. The molecule has 6 nitrogen and oxygen atoms in total. The average Bonchev–Trinajstić information content (AvgIpc) is 3.33. The SMILES string of the molecule is COc1ccccc1C1=NOC(CN(Cc2ccccc2)C(=O)COCc2ccccc2)C1. The van der Waals surface area contributed by atoms with Crippen LogP contribution in [0.15, 0.2) is 90.1 Å². The van der Waals surface area contributed by atoms with E-state index in [9.17, 15) is 4.79 Å². The van der Waals surface area contributed by atoms with E-state index in [1.807, 2.05) is 84.9 Å².